The van der Waals surface area contributed by atoms with Gasteiger partial charge in [-0.1, -0.05) is 158 Å². The van der Waals surface area contributed by atoms with E-state index in [1.807, 2.05) is 146 Å². The second-order valence-corrected chi connectivity index (χ2v) is 20.4. The fraction of sp³-hybridized carbons (Fsp3) is 0. The summed E-state index contributed by atoms with van der Waals surface area (Å²) in [7, 11) is -6.61. The fourth-order valence-electron chi connectivity index (χ4n) is 8.47. The van der Waals surface area contributed by atoms with Gasteiger partial charge in [0.15, 0.2) is 14.3 Å². The van der Waals surface area contributed by atoms with E-state index in [9.17, 15) is 0 Å². The van der Waals surface area contributed by atoms with Gasteiger partial charge in [-0.2, -0.15) is 0 Å². The SMILES string of the molecule is O=P(c1ccccc1)(c1ccccc1)c1ccc2c(c1)c1cc(P(=O)(c3ccccc3)c3ccccc3)ccc1n2-c1ccc(N(c2ccccc2)c2ccccc2)cc1. The molecule has 60 heavy (non-hydrogen) atoms. The van der Waals surface area contributed by atoms with Crippen LogP contribution in [-0.4, -0.2) is 4.57 Å². The molecule has 0 N–H and O–H groups in total. The van der Waals surface area contributed by atoms with Crippen LogP contribution in [0.2, 0.25) is 0 Å². The first-order chi connectivity index (χ1) is 29.5. The second-order valence-electron chi connectivity index (χ2n) is 14.8. The van der Waals surface area contributed by atoms with Crippen molar-refractivity contribution < 1.29 is 9.13 Å². The second kappa shape index (κ2) is 15.7. The topological polar surface area (TPSA) is 42.3 Å². The van der Waals surface area contributed by atoms with Gasteiger partial charge < -0.3 is 18.6 Å². The van der Waals surface area contributed by atoms with Crippen molar-refractivity contribution in [2.75, 3.05) is 4.90 Å². The zero-order chi connectivity index (χ0) is 40.5. The van der Waals surface area contributed by atoms with E-state index >= 15 is 9.13 Å². The summed E-state index contributed by atoms with van der Waals surface area (Å²) in [5.74, 6) is 0. The molecule has 0 atom stereocenters. The highest BCUT2D eigenvalue weighted by atomic mass is 31.2. The molecule has 4 nitrogen and oxygen atoms in total. The zero-order valence-corrected chi connectivity index (χ0v) is 34.5. The predicted molar refractivity (Wildman–Crippen MR) is 254 cm³/mol. The van der Waals surface area contributed by atoms with Crippen molar-refractivity contribution in [3.63, 3.8) is 0 Å². The van der Waals surface area contributed by atoms with Crippen molar-refractivity contribution in [2.45, 2.75) is 0 Å². The zero-order valence-electron chi connectivity index (χ0n) is 32.7. The van der Waals surface area contributed by atoms with Crippen LogP contribution >= 0.6 is 14.3 Å². The van der Waals surface area contributed by atoms with Gasteiger partial charge in [0.05, 0.1) is 11.0 Å². The molecule has 0 aliphatic rings. The first-order valence-electron chi connectivity index (χ1n) is 20.1. The third-order valence-corrected chi connectivity index (χ3v) is 17.4. The molecule has 0 amide bonds. The van der Waals surface area contributed by atoms with E-state index in [1.54, 1.807) is 0 Å². The third kappa shape index (κ3) is 6.42. The van der Waals surface area contributed by atoms with Crippen molar-refractivity contribution in [2.24, 2.45) is 0 Å². The van der Waals surface area contributed by atoms with Gasteiger partial charge in [0.25, 0.3) is 0 Å². The lowest BCUT2D eigenvalue weighted by atomic mass is 10.1. The van der Waals surface area contributed by atoms with Gasteiger partial charge in [-0.3, -0.25) is 0 Å². The molecule has 0 saturated carbocycles. The molecule has 288 valence electrons. The molecule has 0 unspecified atom stereocenters. The Morgan fingerprint density at radius 3 is 0.933 bits per heavy atom. The smallest absolute Gasteiger partial charge is 0.171 e. The van der Waals surface area contributed by atoms with Crippen LogP contribution in [0.25, 0.3) is 27.5 Å². The number of fused-ring (bicyclic) bond motifs is 3. The molecule has 1 heterocycles. The summed E-state index contributed by atoms with van der Waals surface area (Å²) < 4.78 is 33.8. The summed E-state index contributed by atoms with van der Waals surface area (Å²) in [4.78, 5) is 2.25. The van der Waals surface area contributed by atoms with E-state index in [-0.39, 0.29) is 0 Å². The largest absolute Gasteiger partial charge is 0.311 e. The Morgan fingerprint density at radius 2 is 0.600 bits per heavy atom. The molecule has 0 spiro atoms. The highest BCUT2D eigenvalue weighted by Gasteiger charge is 2.33. The van der Waals surface area contributed by atoms with Crippen LogP contribution in [0.5, 0.6) is 0 Å². The summed E-state index contributed by atoms with van der Waals surface area (Å²) in [5, 5.41) is 6.44. The third-order valence-electron chi connectivity index (χ3n) is 11.3. The van der Waals surface area contributed by atoms with E-state index in [2.05, 4.69) is 107 Å². The van der Waals surface area contributed by atoms with Gasteiger partial charge in [-0.25, -0.2) is 0 Å². The van der Waals surface area contributed by atoms with E-state index in [1.165, 1.54) is 0 Å². The van der Waals surface area contributed by atoms with Gasteiger partial charge >= 0.3 is 0 Å². The summed E-state index contributed by atoms with van der Waals surface area (Å²) in [6.45, 7) is 0. The van der Waals surface area contributed by atoms with Gasteiger partial charge in [0, 0.05) is 65.3 Å². The van der Waals surface area contributed by atoms with Gasteiger partial charge in [0.2, 0.25) is 0 Å². The van der Waals surface area contributed by atoms with Crippen LogP contribution in [-0.2, 0) is 9.13 Å². The molecule has 0 aliphatic heterocycles. The normalized spacial score (nSPS) is 11.8. The van der Waals surface area contributed by atoms with E-state index in [4.69, 9.17) is 0 Å². The minimum atomic E-state index is -3.31. The lowest BCUT2D eigenvalue weighted by Gasteiger charge is -2.25. The molecular weight excluding hydrogens is 771 g/mol. The number of rotatable bonds is 10. The Hall–Kier alpha value is -6.96. The fourth-order valence-corrected chi connectivity index (χ4v) is 13.8. The van der Waals surface area contributed by atoms with Crippen LogP contribution in [0.15, 0.2) is 243 Å². The minimum absolute atomic E-state index is 0.739. The number of anilines is 3. The molecule has 0 saturated heterocycles. The van der Waals surface area contributed by atoms with Gasteiger partial charge in [-0.05, 0) is 84.9 Å². The molecule has 0 aliphatic carbocycles. The van der Waals surface area contributed by atoms with Crippen molar-refractivity contribution in [1.29, 1.82) is 0 Å². The Bertz CT molecular complexity index is 2890. The number of para-hydroxylation sites is 2. The summed E-state index contributed by atoms with van der Waals surface area (Å²) in [5.41, 5.74) is 6.06. The van der Waals surface area contributed by atoms with Crippen molar-refractivity contribution in [3.8, 4) is 5.69 Å². The lowest BCUT2D eigenvalue weighted by Crippen LogP contribution is -2.25. The molecule has 0 bridgehead atoms. The van der Waals surface area contributed by atoms with Crippen LogP contribution in [0.1, 0.15) is 0 Å². The number of nitrogens with zero attached hydrogens (tertiary/aromatic N) is 2. The maximum Gasteiger partial charge on any atom is 0.171 e. The Morgan fingerprint density at radius 1 is 0.300 bits per heavy atom. The average Bonchev–Trinajstić information content (AvgIpc) is 3.66. The summed E-state index contributed by atoms with van der Waals surface area (Å²) in [6.07, 6.45) is 0. The summed E-state index contributed by atoms with van der Waals surface area (Å²) >= 11 is 0. The first kappa shape index (κ1) is 37.3. The summed E-state index contributed by atoms with van der Waals surface area (Å²) in [6, 6.07) is 81.0. The molecule has 0 fully saturated rings. The van der Waals surface area contributed by atoms with E-state index in [0.717, 1.165) is 76.4 Å². The molecule has 9 aromatic carbocycles. The molecule has 6 heteroatoms. The quantitative estimate of drug-likeness (QED) is 0.129. The highest BCUT2D eigenvalue weighted by Crippen LogP contribution is 2.46. The maximum atomic E-state index is 15.8. The Kier molecular flexibility index (Phi) is 9.74. The number of benzene rings is 9. The molecular formula is C54H40N2O2P2. The molecule has 0 radical (unpaired) electrons. The van der Waals surface area contributed by atoms with Crippen LogP contribution in [0.4, 0.5) is 17.1 Å². The first-order valence-corrected chi connectivity index (χ1v) is 23.5. The Labute approximate surface area is 350 Å². The van der Waals surface area contributed by atoms with E-state index < -0.39 is 14.3 Å². The number of hydrogen-bond donors (Lipinski definition) is 0. The monoisotopic (exact) mass is 810 g/mol. The van der Waals surface area contributed by atoms with Crippen molar-refractivity contribution >= 4 is 85.0 Å². The average molecular weight is 811 g/mol. The van der Waals surface area contributed by atoms with Crippen LogP contribution in [0.3, 0.4) is 0 Å². The molecule has 10 aromatic rings. The van der Waals surface area contributed by atoms with Gasteiger partial charge in [0.1, 0.15) is 0 Å². The number of aromatic nitrogens is 1. The van der Waals surface area contributed by atoms with Crippen LogP contribution < -0.4 is 36.7 Å². The number of hydrogen-bond acceptors (Lipinski definition) is 3. The van der Waals surface area contributed by atoms with Crippen LogP contribution in [0, 0.1) is 0 Å². The molecule has 10 rings (SSSR count). The van der Waals surface area contributed by atoms with Gasteiger partial charge in [-0.15, -0.1) is 0 Å². The standard InChI is InChI=1S/C54H40N2O2P2/c57-59(45-23-11-3-12-24-45,46-25-13-4-14-26-46)49-35-37-53-51(39-49)52-40-50(60(58,47-27-15-5-16-28-47)48-29-17-6-18-30-48)36-38-54(52)56(53)44-33-31-43(32-34-44)55(41-19-7-1-8-20-41)42-21-9-2-10-22-42/h1-40H. The Balaban J connectivity index is 1.21. The molecule has 1 aromatic heterocycles. The lowest BCUT2D eigenvalue weighted by molar-refractivity contribution is 0.591. The minimum Gasteiger partial charge on any atom is -0.311 e. The maximum absolute atomic E-state index is 15.8. The van der Waals surface area contributed by atoms with Crippen molar-refractivity contribution in [3.05, 3.63) is 243 Å². The predicted octanol–water partition coefficient (Wildman–Crippen LogP) is 11.5. The highest BCUT2D eigenvalue weighted by molar-refractivity contribution is 7.85. The van der Waals surface area contributed by atoms with Crippen molar-refractivity contribution in [1.82, 2.24) is 4.57 Å². The van der Waals surface area contributed by atoms with E-state index in [0.29, 0.717) is 0 Å².